The second-order valence-corrected chi connectivity index (χ2v) is 5.11. The lowest BCUT2D eigenvalue weighted by molar-refractivity contribution is -0.122. The summed E-state index contributed by atoms with van der Waals surface area (Å²) in [6, 6.07) is 9.54. The van der Waals surface area contributed by atoms with Crippen LogP contribution in [-0.2, 0) is 9.53 Å². The molecule has 1 aliphatic rings. The van der Waals surface area contributed by atoms with Gasteiger partial charge in [-0.3, -0.25) is 20.5 Å². The van der Waals surface area contributed by atoms with Crippen molar-refractivity contribution in [1.82, 2.24) is 15.8 Å². The van der Waals surface area contributed by atoms with Crippen molar-refractivity contribution in [2.75, 3.05) is 38.2 Å². The van der Waals surface area contributed by atoms with E-state index in [9.17, 15) is 4.79 Å². The van der Waals surface area contributed by atoms with Gasteiger partial charge in [0.05, 0.1) is 13.2 Å². The molecule has 1 aromatic carbocycles. The van der Waals surface area contributed by atoms with Crippen LogP contribution in [0.4, 0.5) is 5.69 Å². The van der Waals surface area contributed by atoms with Crippen molar-refractivity contribution in [2.45, 2.75) is 6.42 Å². The Morgan fingerprint density at radius 2 is 1.90 bits per heavy atom. The number of amides is 1. The van der Waals surface area contributed by atoms with Gasteiger partial charge in [-0.2, -0.15) is 0 Å². The van der Waals surface area contributed by atoms with Gasteiger partial charge in [0, 0.05) is 31.7 Å². The molecule has 1 fully saturated rings. The SMILES string of the molecule is O=C(CCN1CCOCC1)NNC(=S)Nc1ccccc1. The number of hydrogen-bond acceptors (Lipinski definition) is 4. The molecular formula is C14H20N4O2S. The molecule has 1 saturated heterocycles. The number of hydrogen-bond donors (Lipinski definition) is 3. The summed E-state index contributed by atoms with van der Waals surface area (Å²) >= 11 is 5.10. The number of carbonyl (C=O) groups is 1. The molecule has 0 aromatic heterocycles. The Balaban J connectivity index is 1.60. The standard InChI is InChI=1S/C14H20N4O2S/c19-13(6-7-18-8-10-20-11-9-18)16-17-14(21)15-12-4-2-1-3-5-12/h1-5H,6-11H2,(H,16,19)(H2,15,17,21). The molecule has 1 aromatic rings. The molecule has 1 aliphatic heterocycles. The van der Waals surface area contributed by atoms with E-state index in [-0.39, 0.29) is 5.91 Å². The predicted molar refractivity (Wildman–Crippen MR) is 85.8 cm³/mol. The van der Waals surface area contributed by atoms with Crippen LogP contribution < -0.4 is 16.2 Å². The summed E-state index contributed by atoms with van der Waals surface area (Å²) in [6.07, 6.45) is 0.431. The molecule has 0 radical (unpaired) electrons. The van der Waals surface area contributed by atoms with E-state index in [0.717, 1.165) is 38.5 Å². The molecule has 0 saturated carbocycles. The maximum Gasteiger partial charge on any atom is 0.239 e. The highest BCUT2D eigenvalue weighted by molar-refractivity contribution is 7.80. The fourth-order valence-electron chi connectivity index (χ4n) is 1.96. The van der Waals surface area contributed by atoms with Crippen molar-refractivity contribution >= 4 is 28.9 Å². The van der Waals surface area contributed by atoms with Gasteiger partial charge < -0.3 is 10.1 Å². The number of para-hydroxylation sites is 1. The lowest BCUT2D eigenvalue weighted by atomic mass is 10.3. The average molecular weight is 308 g/mol. The number of hydrazine groups is 1. The zero-order valence-corrected chi connectivity index (χ0v) is 12.6. The lowest BCUT2D eigenvalue weighted by Gasteiger charge is -2.26. The summed E-state index contributed by atoms with van der Waals surface area (Å²) in [5, 5.41) is 3.34. The smallest absolute Gasteiger partial charge is 0.239 e. The lowest BCUT2D eigenvalue weighted by Crippen LogP contribution is -2.45. The highest BCUT2D eigenvalue weighted by Gasteiger charge is 2.11. The highest BCUT2D eigenvalue weighted by Crippen LogP contribution is 2.04. The van der Waals surface area contributed by atoms with Gasteiger partial charge in [0.1, 0.15) is 0 Å². The minimum absolute atomic E-state index is 0.0845. The molecule has 0 bridgehead atoms. The third-order valence-electron chi connectivity index (χ3n) is 3.11. The van der Waals surface area contributed by atoms with Crippen LogP contribution in [0.25, 0.3) is 0 Å². The third kappa shape index (κ3) is 6.07. The van der Waals surface area contributed by atoms with Crippen LogP contribution in [-0.4, -0.2) is 48.8 Å². The second-order valence-electron chi connectivity index (χ2n) is 4.70. The summed E-state index contributed by atoms with van der Waals surface area (Å²) in [5.41, 5.74) is 6.16. The zero-order chi connectivity index (χ0) is 14.9. The zero-order valence-electron chi connectivity index (χ0n) is 11.8. The van der Waals surface area contributed by atoms with Gasteiger partial charge in [-0.15, -0.1) is 0 Å². The molecule has 0 atom stereocenters. The van der Waals surface area contributed by atoms with E-state index in [0.29, 0.717) is 11.5 Å². The van der Waals surface area contributed by atoms with Crippen molar-refractivity contribution in [3.8, 4) is 0 Å². The quantitative estimate of drug-likeness (QED) is 0.563. The van der Waals surface area contributed by atoms with E-state index >= 15 is 0 Å². The van der Waals surface area contributed by atoms with Crippen LogP contribution in [0.1, 0.15) is 6.42 Å². The van der Waals surface area contributed by atoms with Crippen molar-refractivity contribution in [2.24, 2.45) is 0 Å². The normalized spacial score (nSPS) is 15.2. The van der Waals surface area contributed by atoms with Crippen LogP contribution in [0, 0.1) is 0 Å². The van der Waals surface area contributed by atoms with Gasteiger partial charge in [-0.1, -0.05) is 18.2 Å². The van der Waals surface area contributed by atoms with Gasteiger partial charge in [0.15, 0.2) is 5.11 Å². The number of nitrogens with zero attached hydrogens (tertiary/aromatic N) is 1. The number of morpholine rings is 1. The first-order valence-corrected chi connectivity index (χ1v) is 7.36. The second kappa shape index (κ2) is 8.56. The van der Waals surface area contributed by atoms with Gasteiger partial charge >= 0.3 is 0 Å². The van der Waals surface area contributed by atoms with Crippen LogP contribution >= 0.6 is 12.2 Å². The number of ether oxygens (including phenoxy) is 1. The van der Waals surface area contributed by atoms with Crippen LogP contribution in [0.2, 0.25) is 0 Å². The van der Waals surface area contributed by atoms with E-state index in [1.54, 1.807) is 0 Å². The molecule has 3 N–H and O–H groups in total. The first-order chi connectivity index (χ1) is 10.2. The van der Waals surface area contributed by atoms with Crippen molar-refractivity contribution in [1.29, 1.82) is 0 Å². The van der Waals surface area contributed by atoms with E-state index in [2.05, 4.69) is 21.1 Å². The third-order valence-corrected chi connectivity index (χ3v) is 3.31. The summed E-state index contributed by atoms with van der Waals surface area (Å²) < 4.78 is 5.26. The Morgan fingerprint density at radius 1 is 1.19 bits per heavy atom. The van der Waals surface area contributed by atoms with E-state index < -0.39 is 0 Å². The highest BCUT2D eigenvalue weighted by atomic mass is 32.1. The predicted octanol–water partition coefficient (Wildman–Crippen LogP) is 0.727. The monoisotopic (exact) mass is 308 g/mol. The topological polar surface area (TPSA) is 65.6 Å². The van der Waals surface area contributed by atoms with Gasteiger partial charge in [-0.05, 0) is 24.4 Å². The molecule has 21 heavy (non-hydrogen) atoms. The van der Waals surface area contributed by atoms with Crippen LogP contribution in [0.3, 0.4) is 0 Å². The van der Waals surface area contributed by atoms with E-state index in [1.807, 2.05) is 30.3 Å². The summed E-state index contributed by atoms with van der Waals surface area (Å²) in [4.78, 5) is 13.9. The maximum atomic E-state index is 11.7. The fraction of sp³-hybridized carbons (Fsp3) is 0.429. The first kappa shape index (κ1) is 15.7. The molecule has 0 unspecified atom stereocenters. The number of anilines is 1. The molecule has 0 spiro atoms. The molecule has 2 rings (SSSR count). The largest absolute Gasteiger partial charge is 0.379 e. The fourth-order valence-corrected chi connectivity index (χ4v) is 2.13. The van der Waals surface area contributed by atoms with E-state index in [4.69, 9.17) is 17.0 Å². The summed E-state index contributed by atoms with van der Waals surface area (Å²) in [7, 11) is 0. The van der Waals surface area contributed by atoms with Gasteiger partial charge in [-0.25, -0.2) is 0 Å². The Kier molecular flexibility index (Phi) is 6.39. The molecule has 114 valence electrons. The Hall–Kier alpha value is -1.70. The number of carbonyl (C=O) groups excluding carboxylic acids is 1. The molecular weight excluding hydrogens is 288 g/mol. The van der Waals surface area contributed by atoms with Crippen LogP contribution in [0.5, 0.6) is 0 Å². The van der Waals surface area contributed by atoms with Crippen molar-refractivity contribution in [3.63, 3.8) is 0 Å². The minimum atomic E-state index is -0.0845. The number of rotatable bonds is 4. The Labute approximate surface area is 129 Å². The molecule has 1 amide bonds. The van der Waals surface area contributed by atoms with Gasteiger partial charge in [0.2, 0.25) is 5.91 Å². The van der Waals surface area contributed by atoms with Crippen LogP contribution in [0.15, 0.2) is 30.3 Å². The Bertz CT molecular complexity index is 463. The Morgan fingerprint density at radius 3 is 2.62 bits per heavy atom. The van der Waals surface area contributed by atoms with E-state index in [1.165, 1.54) is 0 Å². The van der Waals surface area contributed by atoms with Gasteiger partial charge in [0.25, 0.3) is 0 Å². The summed E-state index contributed by atoms with van der Waals surface area (Å²) in [6.45, 7) is 3.98. The molecule has 7 heteroatoms. The molecule has 0 aliphatic carbocycles. The molecule has 1 heterocycles. The first-order valence-electron chi connectivity index (χ1n) is 6.95. The summed E-state index contributed by atoms with van der Waals surface area (Å²) in [5.74, 6) is -0.0845. The van der Waals surface area contributed by atoms with Crippen molar-refractivity contribution in [3.05, 3.63) is 30.3 Å². The number of thiocarbonyl (C=S) groups is 1. The number of benzene rings is 1. The number of nitrogens with one attached hydrogen (secondary N) is 3. The molecule has 6 nitrogen and oxygen atoms in total. The average Bonchev–Trinajstić information content (AvgIpc) is 2.53. The minimum Gasteiger partial charge on any atom is -0.379 e. The van der Waals surface area contributed by atoms with Crippen molar-refractivity contribution < 1.29 is 9.53 Å². The maximum absolute atomic E-state index is 11.7.